The van der Waals surface area contributed by atoms with E-state index < -0.39 is 0 Å². The van der Waals surface area contributed by atoms with Crippen molar-refractivity contribution in [2.24, 2.45) is 5.16 Å². The van der Waals surface area contributed by atoms with Crippen LogP contribution in [0.3, 0.4) is 0 Å². The summed E-state index contributed by atoms with van der Waals surface area (Å²) >= 11 is 5.72. The van der Waals surface area contributed by atoms with Crippen LogP contribution in [0.15, 0.2) is 29.4 Å². The standard InChI is InChI=1S/C9H7ClN2O2/c10-7-3-1-6(2-4-7)9-11-8(13)5-14-12-9/h1-4H,5H2,(H,11,12,13). The van der Waals surface area contributed by atoms with Gasteiger partial charge in [0.15, 0.2) is 12.4 Å². The van der Waals surface area contributed by atoms with Gasteiger partial charge in [0.25, 0.3) is 5.91 Å². The molecule has 0 saturated carbocycles. The van der Waals surface area contributed by atoms with E-state index in [2.05, 4.69) is 10.5 Å². The van der Waals surface area contributed by atoms with E-state index in [-0.39, 0.29) is 12.5 Å². The Labute approximate surface area is 85.5 Å². The van der Waals surface area contributed by atoms with E-state index in [0.717, 1.165) is 5.56 Å². The van der Waals surface area contributed by atoms with Crippen molar-refractivity contribution in [3.63, 3.8) is 0 Å². The maximum atomic E-state index is 11.0. The lowest BCUT2D eigenvalue weighted by Gasteiger charge is -2.12. The molecule has 1 aliphatic heterocycles. The Morgan fingerprint density at radius 2 is 2.07 bits per heavy atom. The Balaban J connectivity index is 2.26. The van der Waals surface area contributed by atoms with Crippen LogP contribution in [-0.2, 0) is 9.63 Å². The van der Waals surface area contributed by atoms with Gasteiger partial charge >= 0.3 is 0 Å². The predicted octanol–water partition coefficient (Wildman–Crippen LogP) is 1.15. The van der Waals surface area contributed by atoms with Crippen molar-refractivity contribution in [2.45, 2.75) is 0 Å². The van der Waals surface area contributed by atoms with Crippen LogP contribution in [0.2, 0.25) is 5.02 Å². The number of carbonyl (C=O) groups excluding carboxylic acids is 1. The van der Waals surface area contributed by atoms with Gasteiger partial charge in [0.05, 0.1) is 0 Å². The van der Waals surface area contributed by atoms with Crippen LogP contribution in [-0.4, -0.2) is 18.3 Å². The molecule has 1 N–H and O–H groups in total. The summed E-state index contributed by atoms with van der Waals surface area (Å²) in [7, 11) is 0. The molecule has 0 bridgehead atoms. The molecule has 0 aliphatic carbocycles. The van der Waals surface area contributed by atoms with Crippen molar-refractivity contribution in [1.82, 2.24) is 5.32 Å². The first kappa shape index (κ1) is 9.02. The number of rotatable bonds is 1. The van der Waals surface area contributed by atoms with Gasteiger partial charge in [0.2, 0.25) is 0 Å². The summed E-state index contributed by atoms with van der Waals surface area (Å²) < 4.78 is 0. The highest BCUT2D eigenvalue weighted by atomic mass is 35.5. The Bertz CT molecular complexity index is 386. The molecule has 14 heavy (non-hydrogen) atoms. The molecular weight excluding hydrogens is 204 g/mol. The first-order chi connectivity index (χ1) is 6.75. The normalized spacial score (nSPS) is 15.5. The molecule has 1 aromatic carbocycles. The van der Waals surface area contributed by atoms with Gasteiger partial charge < -0.3 is 10.2 Å². The third-order valence-corrected chi connectivity index (χ3v) is 1.98. The summed E-state index contributed by atoms with van der Waals surface area (Å²) in [6.07, 6.45) is 0. The van der Waals surface area contributed by atoms with Crippen molar-refractivity contribution in [2.75, 3.05) is 6.61 Å². The molecule has 2 rings (SSSR count). The number of nitrogens with one attached hydrogen (secondary N) is 1. The van der Waals surface area contributed by atoms with Crippen LogP contribution in [0, 0.1) is 0 Å². The quantitative estimate of drug-likeness (QED) is 0.756. The van der Waals surface area contributed by atoms with Gasteiger partial charge in [-0.25, -0.2) is 0 Å². The minimum Gasteiger partial charge on any atom is -0.384 e. The Kier molecular flexibility index (Phi) is 2.37. The van der Waals surface area contributed by atoms with Crippen LogP contribution < -0.4 is 5.32 Å². The summed E-state index contributed by atoms with van der Waals surface area (Å²) in [5.74, 6) is 0.211. The van der Waals surface area contributed by atoms with Crippen LogP contribution in [0.1, 0.15) is 5.56 Å². The van der Waals surface area contributed by atoms with E-state index in [1.54, 1.807) is 24.3 Å². The van der Waals surface area contributed by atoms with Crippen LogP contribution in [0.5, 0.6) is 0 Å². The lowest BCUT2D eigenvalue weighted by molar-refractivity contribution is -0.125. The third-order valence-electron chi connectivity index (χ3n) is 1.73. The third kappa shape index (κ3) is 1.85. The molecule has 0 radical (unpaired) electrons. The van der Waals surface area contributed by atoms with Gasteiger partial charge in [-0.05, 0) is 24.3 Å². The highest BCUT2D eigenvalue weighted by molar-refractivity contribution is 6.30. The number of oxime groups is 1. The van der Waals surface area contributed by atoms with Gasteiger partial charge in [0.1, 0.15) is 0 Å². The number of amides is 1. The number of amidine groups is 1. The van der Waals surface area contributed by atoms with Gasteiger partial charge in [-0.1, -0.05) is 16.8 Å². The van der Waals surface area contributed by atoms with Crippen molar-refractivity contribution < 1.29 is 9.63 Å². The maximum Gasteiger partial charge on any atom is 0.266 e. The van der Waals surface area contributed by atoms with E-state index in [9.17, 15) is 4.79 Å². The molecule has 72 valence electrons. The van der Waals surface area contributed by atoms with Crippen molar-refractivity contribution in [3.05, 3.63) is 34.9 Å². The Morgan fingerprint density at radius 3 is 2.71 bits per heavy atom. The molecule has 4 nitrogen and oxygen atoms in total. The highest BCUT2D eigenvalue weighted by Gasteiger charge is 2.14. The lowest BCUT2D eigenvalue weighted by atomic mass is 10.2. The largest absolute Gasteiger partial charge is 0.384 e. The molecule has 0 spiro atoms. The van der Waals surface area contributed by atoms with Gasteiger partial charge in [0, 0.05) is 10.6 Å². The molecule has 1 aromatic rings. The number of halogens is 1. The second-order valence-electron chi connectivity index (χ2n) is 2.77. The minimum atomic E-state index is -0.204. The van der Waals surface area contributed by atoms with E-state index >= 15 is 0 Å². The number of hydrogen-bond acceptors (Lipinski definition) is 3. The fourth-order valence-electron chi connectivity index (χ4n) is 1.08. The molecule has 0 fully saturated rings. The average molecular weight is 211 g/mol. The highest BCUT2D eigenvalue weighted by Crippen LogP contribution is 2.10. The minimum absolute atomic E-state index is 0.0307. The molecule has 0 aromatic heterocycles. The monoisotopic (exact) mass is 210 g/mol. The smallest absolute Gasteiger partial charge is 0.266 e. The summed E-state index contributed by atoms with van der Waals surface area (Å²) in [4.78, 5) is 15.7. The summed E-state index contributed by atoms with van der Waals surface area (Å²) in [5, 5.41) is 6.95. The van der Waals surface area contributed by atoms with Crippen LogP contribution in [0.25, 0.3) is 0 Å². The second-order valence-corrected chi connectivity index (χ2v) is 3.20. The van der Waals surface area contributed by atoms with Crippen molar-refractivity contribution >= 4 is 23.3 Å². The molecule has 0 saturated heterocycles. The fourth-order valence-corrected chi connectivity index (χ4v) is 1.21. The van der Waals surface area contributed by atoms with Gasteiger partial charge in [-0.3, -0.25) is 4.79 Å². The Morgan fingerprint density at radius 1 is 1.36 bits per heavy atom. The van der Waals surface area contributed by atoms with Gasteiger partial charge in [-0.2, -0.15) is 0 Å². The van der Waals surface area contributed by atoms with Crippen molar-refractivity contribution in [3.8, 4) is 0 Å². The van der Waals surface area contributed by atoms with E-state index in [0.29, 0.717) is 10.9 Å². The van der Waals surface area contributed by atoms with E-state index in [1.165, 1.54) is 0 Å². The number of hydrogen-bond donors (Lipinski definition) is 1. The first-order valence-corrected chi connectivity index (χ1v) is 4.39. The summed E-state index contributed by atoms with van der Waals surface area (Å²) in [6.45, 7) is -0.0307. The molecule has 0 unspecified atom stereocenters. The zero-order valence-corrected chi connectivity index (χ0v) is 7.91. The zero-order valence-electron chi connectivity index (χ0n) is 7.16. The van der Waals surface area contributed by atoms with Crippen LogP contribution >= 0.6 is 11.6 Å². The van der Waals surface area contributed by atoms with E-state index in [1.807, 2.05) is 0 Å². The first-order valence-electron chi connectivity index (χ1n) is 4.01. The SMILES string of the molecule is O=C1CON=C(c2ccc(Cl)cc2)N1. The maximum absolute atomic E-state index is 11.0. The fraction of sp³-hybridized carbons (Fsp3) is 0.111. The average Bonchev–Trinajstić information content (AvgIpc) is 2.19. The van der Waals surface area contributed by atoms with E-state index in [4.69, 9.17) is 16.4 Å². The van der Waals surface area contributed by atoms with Gasteiger partial charge in [-0.15, -0.1) is 0 Å². The lowest BCUT2D eigenvalue weighted by Crippen LogP contribution is -2.37. The molecule has 0 atom stereocenters. The van der Waals surface area contributed by atoms with Crippen molar-refractivity contribution in [1.29, 1.82) is 0 Å². The molecule has 1 heterocycles. The second kappa shape index (κ2) is 3.67. The predicted molar refractivity (Wildman–Crippen MR) is 52.1 cm³/mol. The topological polar surface area (TPSA) is 50.7 Å². The van der Waals surface area contributed by atoms with Crippen LogP contribution in [0.4, 0.5) is 0 Å². The number of carbonyl (C=O) groups is 1. The molecule has 1 amide bonds. The number of benzene rings is 1. The summed E-state index contributed by atoms with van der Waals surface area (Å²) in [6, 6.07) is 6.96. The Hall–Kier alpha value is -1.55. The number of nitrogens with zero attached hydrogens (tertiary/aromatic N) is 1. The molecular formula is C9H7ClN2O2. The summed E-state index contributed by atoms with van der Waals surface area (Å²) in [5.41, 5.74) is 0.766. The molecule has 5 heteroatoms. The molecule has 1 aliphatic rings. The zero-order chi connectivity index (χ0) is 9.97.